The summed E-state index contributed by atoms with van der Waals surface area (Å²) >= 11 is 5.26. The van der Waals surface area contributed by atoms with Gasteiger partial charge in [-0.25, -0.2) is 4.98 Å². The van der Waals surface area contributed by atoms with Crippen molar-refractivity contribution < 1.29 is 0 Å². The van der Waals surface area contributed by atoms with E-state index in [0.717, 1.165) is 16.5 Å². The highest BCUT2D eigenvalue weighted by molar-refractivity contribution is 9.10. The van der Waals surface area contributed by atoms with Crippen molar-refractivity contribution in [1.29, 1.82) is 0 Å². The predicted molar refractivity (Wildman–Crippen MR) is 93.6 cm³/mol. The highest BCUT2D eigenvalue weighted by Crippen LogP contribution is 2.29. The van der Waals surface area contributed by atoms with E-state index in [-0.39, 0.29) is 0 Å². The van der Waals surface area contributed by atoms with E-state index in [2.05, 4.69) is 77.3 Å². The minimum atomic E-state index is 0.311. The van der Waals surface area contributed by atoms with Gasteiger partial charge in [0, 0.05) is 11.0 Å². The van der Waals surface area contributed by atoms with Crippen LogP contribution in [0.4, 0.5) is 0 Å². The first-order chi connectivity index (χ1) is 10.1. The Hall–Kier alpha value is -1.23. The molecule has 0 radical (unpaired) electrons. The van der Waals surface area contributed by atoms with Gasteiger partial charge in [0.15, 0.2) is 0 Å². The molecule has 1 atom stereocenters. The maximum atomic E-state index is 4.76. The first-order valence-corrected chi connectivity index (χ1v) is 8.54. The molecule has 0 saturated carbocycles. The van der Waals surface area contributed by atoms with E-state index in [9.17, 15) is 0 Å². The Balaban J connectivity index is 1.77. The van der Waals surface area contributed by atoms with Gasteiger partial charge in [0.1, 0.15) is 5.01 Å². The molecule has 1 heterocycles. The van der Waals surface area contributed by atoms with E-state index in [4.69, 9.17) is 4.98 Å². The lowest BCUT2D eigenvalue weighted by Gasteiger charge is -2.22. The lowest BCUT2D eigenvalue weighted by atomic mass is 10.2. The second-order valence-electron chi connectivity index (χ2n) is 5.24. The summed E-state index contributed by atoms with van der Waals surface area (Å²) in [6.07, 6.45) is 0. The molecule has 21 heavy (non-hydrogen) atoms. The van der Waals surface area contributed by atoms with Gasteiger partial charge in [-0.05, 0) is 43.8 Å². The molecule has 108 valence electrons. The SMILES string of the molecule is C[C@@H](c1nc2ccccc2s1)N(C)Cc1ccc(Br)cc1. The van der Waals surface area contributed by atoms with Gasteiger partial charge in [-0.3, -0.25) is 4.90 Å². The molecule has 0 amide bonds. The predicted octanol–water partition coefficient (Wildman–Crippen LogP) is 5.25. The Morgan fingerprint density at radius 1 is 1.14 bits per heavy atom. The van der Waals surface area contributed by atoms with Crippen LogP contribution in [0.1, 0.15) is 23.5 Å². The molecule has 1 aromatic heterocycles. The lowest BCUT2D eigenvalue weighted by Crippen LogP contribution is -2.21. The smallest absolute Gasteiger partial charge is 0.111 e. The molecule has 0 spiro atoms. The normalized spacial score (nSPS) is 13.0. The van der Waals surface area contributed by atoms with Crippen LogP contribution in [0.25, 0.3) is 10.2 Å². The van der Waals surface area contributed by atoms with Gasteiger partial charge >= 0.3 is 0 Å². The summed E-state index contributed by atoms with van der Waals surface area (Å²) in [6, 6.07) is 17.1. The summed E-state index contributed by atoms with van der Waals surface area (Å²) in [5, 5.41) is 1.18. The van der Waals surface area contributed by atoms with Crippen molar-refractivity contribution in [3.05, 3.63) is 63.6 Å². The van der Waals surface area contributed by atoms with Gasteiger partial charge in [0.05, 0.1) is 16.3 Å². The quantitative estimate of drug-likeness (QED) is 0.631. The number of rotatable bonds is 4. The maximum Gasteiger partial charge on any atom is 0.111 e. The average Bonchev–Trinajstić information content (AvgIpc) is 2.92. The van der Waals surface area contributed by atoms with Gasteiger partial charge < -0.3 is 0 Å². The van der Waals surface area contributed by atoms with Crippen LogP contribution >= 0.6 is 27.3 Å². The summed E-state index contributed by atoms with van der Waals surface area (Å²) in [7, 11) is 2.15. The van der Waals surface area contributed by atoms with E-state index in [1.165, 1.54) is 15.3 Å². The summed E-state index contributed by atoms with van der Waals surface area (Å²) in [4.78, 5) is 7.09. The molecule has 0 bridgehead atoms. The largest absolute Gasteiger partial charge is 0.293 e. The Morgan fingerprint density at radius 3 is 2.57 bits per heavy atom. The molecule has 0 N–H and O–H groups in total. The van der Waals surface area contributed by atoms with Gasteiger partial charge in [-0.1, -0.05) is 40.2 Å². The second-order valence-corrected chi connectivity index (χ2v) is 7.22. The zero-order valence-corrected chi connectivity index (χ0v) is 14.5. The Bertz CT molecular complexity index is 703. The highest BCUT2D eigenvalue weighted by atomic mass is 79.9. The Morgan fingerprint density at radius 2 is 1.86 bits per heavy atom. The molecule has 4 heteroatoms. The number of halogens is 1. The minimum Gasteiger partial charge on any atom is -0.293 e. The molecule has 0 aliphatic carbocycles. The fourth-order valence-corrected chi connectivity index (χ4v) is 3.62. The number of hydrogen-bond acceptors (Lipinski definition) is 3. The van der Waals surface area contributed by atoms with E-state index in [0.29, 0.717) is 6.04 Å². The van der Waals surface area contributed by atoms with Crippen LogP contribution in [0, 0.1) is 0 Å². The summed E-state index contributed by atoms with van der Waals surface area (Å²) in [6.45, 7) is 3.14. The highest BCUT2D eigenvalue weighted by Gasteiger charge is 2.16. The maximum absolute atomic E-state index is 4.76. The number of benzene rings is 2. The zero-order valence-electron chi connectivity index (χ0n) is 12.1. The number of hydrogen-bond donors (Lipinski definition) is 0. The third-order valence-electron chi connectivity index (χ3n) is 3.67. The third kappa shape index (κ3) is 3.34. The standard InChI is InChI=1S/C17H17BrN2S/c1-12(17-19-15-5-3-4-6-16(15)21-17)20(2)11-13-7-9-14(18)10-8-13/h3-10,12H,11H2,1-2H3/t12-/m0/s1. The van der Waals surface area contributed by atoms with E-state index in [1.807, 2.05) is 6.07 Å². The van der Waals surface area contributed by atoms with Crippen LogP contribution in [-0.4, -0.2) is 16.9 Å². The van der Waals surface area contributed by atoms with E-state index in [1.54, 1.807) is 11.3 Å². The van der Waals surface area contributed by atoms with Gasteiger partial charge in [0.2, 0.25) is 0 Å². The topological polar surface area (TPSA) is 16.1 Å². The number of aromatic nitrogens is 1. The molecule has 0 saturated heterocycles. The lowest BCUT2D eigenvalue weighted by molar-refractivity contribution is 0.253. The number of thiazole rings is 1. The summed E-state index contributed by atoms with van der Waals surface area (Å²) < 4.78 is 2.38. The molecule has 3 aromatic rings. The van der Waals surface area contributed by atoms with Crippen LogP contribution < -0.4 is 0 Å². The van der Waals surface area contributed by atoms with Crippen molar-refractivity contribution >= 4 is 37.5 Å². The van der Waals surface area contributed by atoms with Crippen LogP contribution in [-0.2, 0) is 6.54 Å². The second kappa shape index (κ2) is 6.26. The first kappa shape index (κ1) is 14.7. The van der Waals surface area contributed by atoms with Crippen molar-refractivity contribution in [2.75, 3.05) is 7.05 Å². The first-order valence-electron chi connectivity index (χ1n) is 6.93. The fraction of sp³-hybridized carbons (Fsp3) is 0.235. The van der Waals surface area contributed by atoms with Gasteiger partial charge in [-0.15, -0.1) is 11.3 Å². The number of para-hydroxylation sites is 1. The molecule has 0 aliphatic rings. The van der Waals surface area contributed by atoms with Crippen LogP contribution in [0.5, 0.6) is 0 Å². The monoisotopic (exact) mass is 360 g/mol. The number of nitrogens with zero attached hydrogens (tertiary/aromatic N) is 2. The summed E-state index contributed by atoms with van der Waals surface area (Å²) in [5.41, 5.74) is 2.41. The molecular formula is C17H17BrN2S. The molecule has 0 fully saturated rings. The van der Waals surface area contributed by atoms with Crippen molar-refractivity contribution in [3.63, 3.8) is 0 Å². The van der Waals surface area contributed by atoms with E-state index < -0.39 is 0 Å². The minimum absolute atomic E-state index is 0.311. The van der Waals surface area contributed by atoms with Crippen molar-refractivity contribution in [1.82, 2.24) is 9.88 Å². The Kier molecular flexibility index (Phi) is 4.38. The number of fused-ring (bicyclic) bond motifs is 1. The molecule has 2 nitrogen and oxygen atoms in total. The molecule has 3 rings (SSSR count). The van der Waals surface area contributed by atoms with Crippen LogP contribution in [0.3, 0.4) is 0 Å². The van der Waals surface area contributed by atoms with Crippen molar-refractivity contribution in [2.24, 2.45) is 0 Å². The van der Waals surface area contributed by atoms with Gasteiger partial charge in [0.25, 0.3) is 0 Å². The fourth-order valence-electron chi connectivity index (χ4n) is 2.27. The van der Waals surface area contributed by atoms with Crippen LogP contribution in [0.15, 0.2) is 53.0 Å². The Labute approximate surface area is 137 Å². The average molecular weight is 361 g/mol. The molecular weight excluding hydrogens is 344 g/mol. The molecule has 2 aromatic carbocycles. The molecule has 0 unspecified atom stereocenters. The van der Waals surface area contributed by atoms with E-state index >= 15 is 0 Å². The molecule has 0 aliphatic heterocycles. The van der Waals surface area contributed by atoms with Crippen molar-refractivity contribution in [3.8, 4) is 0 Å². The van der Waals surface area contributed by atoms with Gasteiger partial charge in [-0.2, -0.15) is 0 Å². The third-order valence-corrected chi connectivity index (χ3v) is 5.41. The van der Waals surface area contributed by atoms with Crippen molar-refractivity contribution in [2.45, 2.75) is 19.5 Å². The van der Waals surface area contributed by atoms with Crippen LogP contribution in [0.2, 0.25) is 0 Å². The summed E-state index contributed by atoms with van der Waals surface area (Å²) in [5.74, 6) is 0. The zero-order chi connectivity index (χ0) is 14.8.